The van der Waals surface area contributed by atoms with Crippen molar-refractivity contribution in [2.24, 2.45) is 0 Å². The zero-order chi connectivity index (χ0) is 6.78. The molecule has 0 aromatic rings. The molecule has 0 unspecified atom stereocenters. The standard InChI is InChI=1S/C5H10ClOS/c1-5(4-6)8(2,3)7/h4H,1-3H3/q+1/b5-4+. The summed E-state index contributed by atoms with van der Waals surface area (Å²) in [6, 6.07) is 0. The summed E-state index contributed by atoms with van der Waals surface area (Å²) in [6.45, 7) is 1.76. The number of rotatable bonds is 1. The van der Waals surface area contributed by atoms with E-state index in [-0.39, 0.29) is 0 Å². The lowest BCUT2D eigenvalue weighted by atomic mass is 10.8. The Morgan fingerprint density at radius 2 is 2.00 bits per heavy atom. The first-order valence-electron chi connectivity index (χ1n) is 2.19. The van der Waals surface area contributed by atoms with Crippen LogP contribution in [0, 0.1) is 0 Å². The molecule has 0 saturated heterocycles. The van der Waals surface area contributed by atoms with Gasteiger partial charge in [-0.3, -0.25) is 0 Å². The van der Waals surface area contributed by atoms with Gasteiger partial charge in [-0.2, -0.15) is 0 Å². The van der Waals surface area contributed by atoms with Gasteiger partial charge < -0.3 is 0 Å². The summed E-state index contributed by atoms with van der Waals surface area (Å²) < 4.78 is 11.0. The van der Waals surface area contributed by atoms with Gasteiger partial charge in [-0.1, -0.05) is 11.6 Å². The Balaban J connectivity index is 4.27. The van der Waals surface area contributed by atoms with E-state index >= 15 is 0 Å². The van der Waals surface area contributed by atoms with Crippen molar-refractivity contribution in [1.29, 1.82) is 0 Å². The molecule has 0 aliphatic heterocycles. The smallest absolute Gasteiger partial charge is 0.101 e. The highest BCUT2D eigenvalue weighted by Gasteiger charge is 2.14. The number of hydrogen-bond acceptors (Lipinski definition) is 1. The molecular formula is C5H10ClOS+. The van der Waals surface area contributed by atoms with Gasteiger partial charge in [-0.05, 0) is 0 Å². The highest BCUT2D eigenvalue weighted by Crippen LogP contribution is 2.09. The molecule has 0 amide bonds. The maximum absolute atomic E-state index is 11.0. The zero-order valence-electron chi connectivity index (χ0n) is 5.27. The topological polar surface area (TPSA) is 17.1 Å². The van der Waals surface area contributed by atoms with Crippen LogP contribution in [-0.2, 0) is 14.1 Å². The fraction of sp³-hybridized carbons (Fsp3) is 0.600. The zero-order valence-corrected chi connectivity index (χ0v) is 6.84. The molecule has 0 atom stereocenters. The van der Waals surface area contributed by atoms with E-state index in [1.807, 2.05) is 0 Å². The average molecular weight is 154 g/mol. The highest BCUT2D eigenvalue weighted by atomic mass is 35.5. The van der Waals surface area contributed by atoms with Crippen molar-refractivity contribution in [3.63, 3.8) is 0 Å². The van der Waals surface area contributed by atoms with Crippen LogP contribution in [0.4, 0.5) is 0 Å². The number of allylic oxidation sites excluding steroid dienone is 1. The van der Waals surface area contributed by atoms with Gasteiger partial charge >= 0.3 is 0 Å². The second-order valence-corrected chi connectivity index (χ2v) is 5.28. The Bertz CT molecular complexity index is 145. The van der Waals surface area contributed by atoms with E-state index in [0.29, 0.717) is 0 Å². The van der Waals surface area contributed by atoms with Crippen LogP contribution in [0.15, 0.2) is 10.4 Å². The van der Waals surface area contributed by atoms with E-state index < -0.39 is 9.93 Å². The van der Waals surface area contributed by atoms with Crippen LogP contribution in [0.1, 0.15) is 6.92 Å². The molecule has 3 heteroatoms. The second-order valence-electron chi connectivity index (χ2n) is 1.95. The molecule has 0 radical (unpaired) electrons. The molecule has 0 N–H and O–H groups in total. The van der Waals surface area contributed by atoms with Crippen LogP contribution >= 0.6 is 11.6 Å². The van der Waals surface area contributed by atoms with E-state index in [9.17, 15) is 4.21 Å². The van der Waals surface area contributed by atoms with Gasteiger partial charge in [-0.25, -0.2) is 0 Å². The molecule has 0 aliphatic carbocycles. The van der Waals surface area contributed by atoms with Crippen molar-refractivity contribution in [3.8, 4) is 0 Å². The molecular weight excluding hydrogens is 144 g/mol. The largest absolute Gasteiger partial charge is 0.142 e. The summed E-state index contributed by atoms with van der Waals surface area (Å²) in [4.78, 5) is 0.749. The molecule has 0 fully saturated rings. The monoisotopic (exact) mass is 153 g/mol. The molecule has 0 saturated carbocycles. The molecule has 0 aromatic carbocycles. The Kier molecular flexibility index (Phi) is 2.71. The van der Waals surface area contributed by atoms with Crippen molar-refractivity contribution in [2.75, 3.05) is 12.5 Å². The van der Waals surface area contributed by atoms with Crippen molar-refractivity contribution < 1.29 is 4.21 Å². The van der Waals surface area contributed by atoms with Gasteiger partial charge in [0.1, 0.15) is 27.3 Å². The van der Waals surface area contributed by atoms with Gasteiger partial charge in [0.2, 0.25) is 0 Å². The lowest BCUT2D eigenvalue weighted by Crippen LogP contribution is -2.04. The van der Waals surface area contributed by atoms with Crippen molar-refractivity contribution in [1.82, 2.24) is 0 Å². The maximum atomic E-state index is 11.0. The molecule has 48 valence electrons. The summed E-state index contributed by atoms with van der Waals surface area (Å²) >= 11 is 5.30. The molecule has 0 aromatic heterocycles. The van der Waals surface area contributed by atoms with Crippen molar-refractivity contribution in [3.05, 3.63) is 10.4 Å². The lowest BCUT2D eigenvalue weighted by Gasteiger charge is -1.95. The van der Waals surface area contributed by atoms with Crippen molar-refractivity contribution in [2.45, 2.75) is 6.92 Å². The third-order valence-electron chi connectivity index (χ3n) is 0.929. The van der Waals surface area contributed by atoms with Gasteiger partial charge in [0.25, 0.3) is 0 Å². The van der Waals surface area contributed by atoms with E-state index in [1.54, 1.807) is 19.4 Å². The van der Waals surface area contributed by atoms with E-state index in [2.05, 4.69) is 0 Å². The van der Waals surface area contributed by atoms with Crippen LogP contribution in [0.3, 0.4) is 0 Å². The molecule has 0 spiro atoms. The summed E-state index contributed by atoms with van der Waals surface area (Å²) in [7, 11) is -1.77. The van der Waals surface area contributed by atoms with E-state index in [0.717, 1.165) is 4.91 Å². The highest BCUT2D eigenvalue weighted by molar-refractivity contribution is 8.05. The first-order valence-corrected chi connectivity index (χ1v) is 5.01. The second kappa shape index (κ2) is 2.65. The Morgan fingerprint density at radius 3 is 2.00 bits per heavy atom. The third-order valence-corrected chi connectivity index (χ3v) is 3.05. The minimum absolute atomic E-state index is 0.749. The first kappa shape index (κ1) is 8.18. The Morgan fingerprint density at radius 1 is 1.62 bits per heavy atom. The van der Waals surface area contributed by atoms with Crippen molar-refractivity contribution >= 4 is 21.5 Å². The summed E-state index contributed by atoms with van der Waals surface area (Å²) in [6.07, 6.45) is 3.34. The van der Waals surface area contributed by atoms with Gasteiger partial charge in [-0.15, -0.1) is 4.21 Å². The molecule has 0 rings (SSSR count). The van der Waals surface area contributed by atoms with Crippen LogP contribution in [-0.4, -0.2) is 12.5 Å². The van der Waals surface area contributed by atoms with Gasteiger partial charge in [0, 0.05) is 6.92 Å². The number of hydrogen-bond donors (Lipinski definition) is 0. The van der Waals surface area contributed by atoms with Crippen LogP contribution in [0.25, 0.3) is 0 Å². The molecule has 0 aliphatic rings. The quantitative estimate of drug-likeness (QED) is 0.526. The fourth-order valence-corrected chi connectivity index (χ4v) is 0.965. The molecule has 1 nitrogen and oxygen atoms in total. The predicted molar refractivity (Wildman–Crippen MR) is 39.5 cm³/mol. The Labute approximate surface area is 56.2 Å². The minimum Gasteiger partial charge on any atom is -0.101 e. The summed E-state index contributed by atoms with van der Waals surface area (Å²) in [5, 5.41) is 0. The van der Waals surface area contributed by atoms with Crippen LogP contribution < -0.4 is 0 Å². The Hall–Kier alpha value is 0.180. The SMILES string of the molecule is C/C(=C\Cl)[S+](C)(C)=O. The van der Waals surface area contributed by atoms with Crippen LogP contribution in [0.2, 0.25) is 0 Å². The lowest BCUT2D eigenvalue weighted by molar-refractivity contribution is 0.594. The first-order chi connectivity index (χ1) is 3.48. The molecule has 8 heavy (non-hydrogen) atoms. The van der Waals surface area contributed by atoms with E-state index in [4.69, 9.17) is 11.6 Å². The summed E-state index contributed by atoms with van der Waals surface area (Å²) in [5.74, 6) is 0. The molecule has 0 bridgehead atoms. The molecule has 0 heterocycles. The average Bonchev–Trinajstić information content (AvgIpc) is 1.62. The van der Waals surface area contributed by atoms with Crippen LogP contribution in [0.5, 0.6) is 0 Å². The fourth-order valence-electron chi connectivity index (χ4n) is 0.107. The maximum Gasteiger partial charge on any atom is 0.142 e. The normalized spacial score (nSPS) is 14.2. The summed E-state index contributed by atoms with van der Waals surface area (Å²) in [5.41, 5.74) is 1.36. The predicted octanol–water partition coefficient (Wildman–Crippen LogP) is 1.85. The van der Waals surface area contributed by atoms with Gasteiger partial charge in [0.15, 0.2) is 0 Å². The van der Waals surface area contributed by atoms with E-state index in [1.165, 1.54) is 5.54 Å². The minimum atomic E-state index is -1.77. The third kappa shape index (κ3) is 2.48. The van der Waals surface area contributed by atoms with Gasteiger partial charge in [0.05, 0.1) is 5.54 Å². The number of halogens is 1.